The Morgan fingerprint density at radius 1 is 0.711 bits per heavy atom. The van der Waals surface area contributed by atoms with Crippen molar-refractivity contribution in [1.82, 2.24) is 0 Å². The molecule has 220 valence electrons. The molecular formula is C40H30O5. The number of hydrogen-bond acceptors (Lipinski definition) is 5. The van der Waals surface area contributed by atoms with Gasteiger partial charge in [-0.25, -0.2) is 4.79 Å². The van der Waals surface area contributed by atoms with Crippen molar-refractivity contribution in [3.8, 4) is 44.9 Å². The van der Waals surface area contributed by atoms with Crippen LogP contribution in [0.25, 0.3) is 54.9 Å². The minimum Gasteiger partial charge on any atom is -0.458 e. The summed E-state index contributed by atoms with van der Waals surface area (Å²) in [6.07, 6.45) is 1.44. The van der Waals surface area contributed by atoms with Crippen LogP contribution < -0.4 is 4.74 Å². The average Bonchev–Trinajstić information content (AvgIpc) is 3.43. The van der Waals surface area contributed by atoms with E-state index in [2.05, 4.69) is 67.8 Å². The highest BCUT2D eigenvalue weighted by atomic mass is 16.6. The first-order valence-electron chi connectivity index (χ1n) is 14.7. The molecule has 1 atom stereocenters. The van der Waals surface area contributed by atoms with Crippen LogP contribution in [0.2, 0.25) is 0 Å². The maximum absolute atomic E-state index is 11.9. The number of fused-ring (bicyclic) bond motifs is 4. The topological polar surface area (TPSA) is 65.0 Å². The molecule has 0 saturated carbocycles. The van der Waals surface area contributed by atoms with Gasteiger partial charge < -0.3 is 19.3 Å². The summed E-state index contributed by atoms with van der Waals surface area (Å²) in [4.78, 5) is 11.9. The number of esters is 1. The molecule has 0 radical (unpaired) electrons. The van der Waals surface area contributed by atoms with Crippen LogP contribution in [0.4, 0.5) is 0 Å². The lowest BCUT2D eigenvalue weighted by Crippen LogP contribution is -2.08. The molecule has 1 aliphatic rings. The van der Waals surface area contributed by atoms with E-state index in [1.54, 1.807) is 0 Å². The van der Waals surface area contributed by atoms with E-state index in [4.69, 9.17) is 14.2 Å². The molecule has 5 heteroatoms. The van der Waals surface area contributed by atoms with E-state index in [9.17, 15) is 9.90 Å². The largest absolute Gasteiger partial charge is 0.458 e. The number of hydrogen-bond donors (Lipinski definition) is 1. The van der Waals surface area contributed by atoms with Crippen molar-refractivity contribution < 1.29 is 24.1 Å². The maximum Gasteiger partial charge on any atom is 0.330 e. The quantitative estimate of drug-likeness (QED) is 0.0744. The first-order chi connectivity index (χ1) is 22.0. The van der Waals surface area contributed by atoms with Crippen molar-refractivity contribution in [1.29, 1.82) is 0 Å². The van der Waals surface area contributed by atoms with E-state index in [1.165, 1.54) is 12.2 Å². The number of aliphatic hydroxyl groups is 1. The molecular weight excluding hydrogens is 560 g/mol. The highest BCUT2D eigenvalue weighted by molar-refractivity contribution is 6.19. The van der Waals surface area contributed by atoms with Gasteiger partial charge in [-0.3, -0.25) is 0 Å². The van der Waals surface area contributed by atoms with Gasteiger partial charge in [-0.1, -0.05) is 104 Å². The number of benzene rings is 6. The van der Waals surface area contributed by atoms with Crippen LogP contribution in [0, 0.1) is 0 Å². The van der Waals surface area contributed by atoms with Crippen molar-refractivity contribution in [2.24, 2.45) is 0 Å². The van der Waals surface area contributed by atoms with E-state index in [1.807, 2.05) is 54.6 Å². The van der Waals surface area contributed by atoms with Gasteiger partial charge in [0.1, 0.15) is 18.1 Å². The molecule has 45 heavy (non-hydrogen) atoms. The Balaban J connectivity index is 1.35. The fourth-order valence-corrected chi connectivity index (χ4v) is 6.10. The lowest BCUT2D eigenvalue weighted by atomic mass is 9.92. The Morgan fingerprint density at radius 3 is 2.33 bits per heavy atom. The number of aliphatic hydroxyl groups excluding tert-OH is 1. The molecule has 1 aliphatic carbocycles. The van der Waals surface area contributed by atoms with Gasteiger partial charge in [0.2, 0.25) is 0 Å². The summed E-state index contributed by atoms with van der Waals surface area (Å²) in [6.45, 7) is 7.43. The number of rotatable bonds is 10. The third-order valence-corrected chi connectivity index (χ3v) is 8.21. The summed E-state index contributed by atoms with van der Waals surface area (Å²) in [7, 11) is 0. The van der Waals surface area contributed by atoms with Gasteiger partial charge in [-0.05, 0) is 84.8 Å². The Bertz CT molecular complexity index is 2130. The number of carbonyl (C=O) groups is 1. The standard InChI is InChI=1S/C40H30O5/c1-3-36(41)43-23-29-16-15-28(22-35(29)45-31-19-17-25-9-5-6-10-27(25)21-31)32-20-18-26-11-7-13-33-38-30(24-44-37(42)4-2)12-8-14-34(38)40(32)39(26)33/h3-22,36,41H,1-2,23-24H2. The summed E-state index contributed by atoms with van der Waals surface area (Å²) < 4.78 is 17.6. The molecule has 6 aromatic rings. The molecule has 0 aliphatic heterocycles. The highest BCUT2D eigenvalue weighted by Crippen LogP contribution is 2.52. The van der Waals surface area contributed by atoms with E-state index < -0.39 is 12.3 Å². The van der Waals surface area contributed by atoms with Gasteiger partial charge in [0.05, 0.1) is 6.61 Å². The van der Waals surface area contributed by atoms with Crippen LogP contribution in [0.1, 0.15) is 11.1 Å². The van der Waals surface area contributed by atoms with E-state index in [0.717, 1.165) is 66.1 Å². The molecule has 0 spiro atoms. The van der Waals surface area contributed by atoms with Crippen LogP contribution >= 0.6 is 0 Å². The molecule has 0 amide bonds. The predicted octanol–water partition coefficient (Wildman–Crippen LogP) is 9.35. The van der Waals surface area contributed by atoms with Crippen molar-refractivity contribution in [2.75, 3.05) is 0 Å². The third-order valence-electron chi connectivity index (χ3n) is 8.21. The summed E-state index contributed by atoms with van der Waals surface area (Å²) in [5, 5.41) is 14.5. The smallest absolute Gasteiger partial charge is 0.330 e. The zero-order valence-corrected chi connectivity index (χ0v) is 24.5. The minimum atomic E-state index is -1.09. The van der Waals surface area contributed by atoms with Gasteiger partial charge in [0.25, 0.3) is 0 Å². The molecule has 0 heterocycles. The number of carbonyl (C=O) groups excluding carboxylic acids is 1. The van der Waals surface area contributed by atoms with E-state index in [-0.39, 0.29) is 13.2 Å². The minimum absolute atomic E-state index is 0.140. The predicted molar refractivity (Wildman–Crippen MR) is 179 cm³/mol. The van der Waals surface area contributed by atoms with Gasteiger partial charge in [0.15, 0.2) is 6.29 Å². The van der Waals surface area contributed by atoms with Gasteiger partial charge in [-0.2, -0.15) is 0 Å². The first-order valence-corrected chi connectivity index (χ1v) is 14.7. The van der Waals surface area contributed by atoms with Gasteiger partial charge >= 0.3 is 5.97 Å². The molecule has 5 nitrogen and oxygen atoms in total. The van der Waals surface area contributed by atoms with Crippen molar-refractivity contribution in [3.05, 3.63) is 146 Å². The van der Waals surface area contributed by atoms with Crippen LogP contribution in [0.5, 0.6) is 11.5 Å². The fraction of sp³-hybridized carbons (Fsp3) is 0.0750. The average molecular weight is 591 g/mol. The van der Waals surface area contributed by atoms with E-state index >= 15 is 0 Å². The van der Waals surface area contributed by atoms with Crippen molar-refractivity contribution >= 4 is 27.5 Å². The molecule has 0 bridgehead atoms. The zero-order chi connectivity index (χ0) is 30.9. The fourth-order valence-electron chi connectivity index (χ4n) is 6.10. The lowest BCUT2D eigenvalue weighted by Gasteiger charge is -2.17. The van der Waals surface area contributed by atoms with Crippen LogP contribution in [-0.2, 0) is 27.5 Å². The van der Waals surface area contributed by atoms with Crippen molar-refractivity contribution in [3.63, 3.8) is 0 Å². The van der Waals surface area contributed by atoms with Gasteiger partial charge in [0, 0.05) is 11.6 Å². The molecule has 0 aromatic heterocycles. The molecule has 1 unspecified atom stereocenters. The summed E-state index contributed by atoms with van der Waals surface area (Å²) in [5.41, 5.74) is 8.14. The molecule has 0 fully saturated rings. The molecule has 1 N–H and O–H groups in total. The maximum atomic E-state index is 11.9. The lowest BCUT2D eigenvalue weighted by molar-refractivity contribution is -0.138. The second kappa shape index (κ2) is 11.9. The van der Waals surface area contributed by atoms with Crippen LogP contribution in [0.15, 0.2) is 135 Å². The Morgan fingerprint density at radius 2 is 1.49 bits per heavy atom. The highest BCUT2D eigenvalue weighted by Gasteiger charge is 2.27. The Labute approximate surface area is 261 Å². The molecule has 6 aromatic carbocycles. The summed E-state index contributed by atoms with van der Waals surface area (Å²) in [5.74, 6) is 0.874. The third kappa shape index (κ3) is 5.29. The van der Waals surface area contributed by atoms with E-state index in [0.29, 0.717) is 11.5 Å². The SMILES string of the molecule is C=CC(=O)OCc1cccc2c1-c1cccc3ccc(-c4ccc(COC(O)C=C)c(Oc5ccc6ccccc6c5)c4)c-2c13. The first kappa shape index (κ1) is 28.3. The van der Waals surface area contributed by atoms with Crippen LogP contribution in [-0.4, -0.2) is 17.4 Å². The van der Waals surface area contributed by atoms with Gasteiger partial charge in [-0.15, -0.1) is 0 Å². The monoisotopic (exact) mass is 590 g/mol. The second-order valence-electron chi connectivity index (χ2n) is 10.9. The Hall–Kier alpha value is -5.49. The molecule has 0 saturated heterocycles. The van der Waals surface area contributed by atoms with Crippen LogP contribution in [0.3, 0.4) is 0 Å². The number of ether oxygens (including phenoxy) is 3. The summed E-state index contributed by atoms with van der Waals surface area (Å²) >= 11 is 0. The Kier molecular flexibility index (Phi) is 7.47. The van der Waals surface area contributed by atoms with Crippen molar-refractivity contribution in [2.45, 2.75) is 19.5 Å². The zero-order valence-electron chi connectivity index (χ0n) is 24.5. The normalized spacial score (nSPS) is 12.1. The second-order valence-corrected chi connectivity index (χ2v) is 10.9. The molecule has 7 rings (SSSR count). The summed E-state index contributed by atoms with van der Waals surface area (Å²) in [6, 6.07) is 36.9.